The highest BCUT2D eigenvalue weighted by molar-refractivity contribution is 9.10. The second-order valence-corrected chi connectivity index (χ2v) is 6.85. The molecule has 2 rings (SSSR count). The summed E-state index contributed by atoms with van der Waals surface area (Å²) in [6, 6.07) is 12.0. The van der Waals surface area contributed by atoms with Gasteiger partial charge in [-0.2, -0.15) is 0 Å². The zero-order valence-electron chi connectivity index (χ0n) is 14.1. The maximum Gasteiger partial charge on any atom is 0.165 e. The minimum Gasteiger partial charge on any atom is -0.493 e. The van der Waals surface area contributed by atoms with Crippen LogP contribution in [-0.2, 0) is 13.0 Å². The third-order valence-electron chi connectivity index (χ3n) is 3.59. The third-order valence-corrected chi connectivity index (χ3v) is 4.30. The summed E-state index contributed by atoms with van der Waals surface area (Å²) >= 11 is 9.44. The monoisotopic (exact) mass is 411 g/mol. The molecule has 0 spiro atoms. The van der Waals surface area contributed by atoms with Crippen molar-refractivity contribution in [3.8, 4) is 11.5 Å². The molecule has 0 saturated heterocycles. The minimum atomic E-state index is 0.676. The van der Waals surface area contributed by atoms with Crippen molar-refractivity contribution >= 4 is 27.5 Å². The van der Waals surface area contributed by atoms with Crippen LogP contribution in [0.25, 0.3) is 0 Å². The molecule has 1 N–H and O–H groups in total. The second kappa shape index (κ2) is 9.92. The highest BCUT2D eigenvalue weighted by atomic mass is 79.9. The van der Waals surface area contributed by atoms with E-state index in [-0.39, 0.29) is 0 Å². The summed E-state index contributed by atoms with van der Waals surface area (Å²) in [4.78, 5) is 0. The van der Waals surface area contributed by atoms with Crippen LogP contribution in [0.1, 0.15) is 24.5 Å². The Hall–Kier alpha value is -1.23. The van der Waals surface area contributed by atoms with Crippen molar-refractivity contribution < 1.29 is 9.47 Å². The van der Waals surface area contributed by atoms with E-state index in [1.807, 2.05) is 18.2 Å². The number of hydrogen-bond donors (Lipinski definition) is 1. The second-order valence-electron chi connectivity index (χ2n) is 5.50. The van der Waals surface area contributed by atoms with Crippen molar-refractivity contribution in [2.24, 2.45) is 0 Å². The number of nitrogens with one attached hydrogen (secondary N) is 1. The van der Waals surface area contributed by atoms with Crippen LogP contribution in [0, 0.1) is 0 Å². The van der Waals surface area contributed by atoms with Crippen LogP contribution in [0.15, 0.2) is 40.9 Å². The molecule has 0 aliphatic heterocycles. The lowest BCUT2D eigenvalue weighted by Gasteiger charge is -2.16. The molecular weight excluding hydrogens is 390 g/mol. The Labute approximate surface area is 157 Å². The molecule has 0 atom stereocenters. The normalized spacial score (nSPS) is 10.7. The van der Waals surface area contributed by atoms with Gasteiger partial charge in [0.15, 0.2) is 11.5 Å². The average molecular weight is 413 g/mol. The maximum atomic E-state index is 5.91. The van der Waals surface area contributed by atoms with Crippen molar-refractivity contribution in [1.29, 1.82) is 0 Å². The molecule has 0 amide bonds. The summed E-state index contributed by atoms with van der Waals surface area (Å²) in [5.41, 5.74) is 2.35. The lowest BCUT2D eigenvalue weighted by molar-refractivity contribution is 0.290. The minimum absolute atomic E-state index is 0.676. The van der Waals surface area contributed by atoms with Gasteiger partial charge in [-0.05, 0) is 49.2 Å². The Balaban J connectivity index is 1.97. The van der Waals surface area contributed by atoms with E-state index < -0.39 is 0 Å². The van der Waals surface area contributed by atoms with E-state index in [0.717, 1.165) is 52.5 Å². The molecule has 24 heavy (non-hydrogen) atoms. The fourth-order valence-electron chi connectivity index (χ4n) is 2.38. The summed E-state index contributed by atoms with van der Waals surface area (Å²) < 4.78 is 12.3. The first kappa shape index (κ1) is 19.1. The fourth-order valence-corrected chi connectivity index (χ4v) is 2.99. The largest absolute Gasteiger partial charge is 0.493 e. The van der Waals surface area contributed by atoms with Crippen molar-refractivity contribution in [2.45, 2.75) is 26.3 Å². The van der Waals surface area contributed by atoms with E-state index in [0.29, 0.717) is 6.61 Å². The van der Waals surface area contributed by atoms with Gasteiger partial charge in [0, 0.05) is 21.6 Å². The predicted octanol–water partition coefficient (Wildman–Crippen LogP) is 5.23. The van der Waals surface area contributed by atoms with E-state index >= 15 is 0 Å². The van der Waals surface area contributed by atoms with Crippen LogP contribution in [0.5, 0.6) is 11.5 Å². The molecule has 0 aromatic heterocycles. The summed E-state index contributed by atoms with van der Waals surface area (Å²) in [5, 5.41) is 4.24. The molecule has 0 heterocycles. The molecule has 2 aromatic carbocycles. The number of methoxy groups -OCH3 is 1. The maximum absolute atomic E-state index is 5.91. The standard InChI is InChI=1S/C19H23BrClNO2/c1-3-10-24-19-15(11-16(20)12-18(19)23-2)13-22-9-8-14-4-6-17(21)7-5-14/h4-7,11-12,22H,3,8-10,13H2,1-2H3. The van der Waals surface area contributed by atoms with Crippen molar-refractivity contribution in [1.82, 2.24) is 5.32 Å². The van der Waals surface area contributed by atoms with Crippen LogP contribution in [-0.4, -0.2) is 20.3 Å². The third kappa shape index (κ3) is 5.69. The van der Waals surface area contributed by atoms with Crippen LogP contribution in [0.2, 0.25) is 5.02 Å². The molecule has 0 bridgehead atoms. The average Bonchev–Trinajstić information content (AvgIpc) is 2.58. The van der Waals surface area contributed by atoms with Crippen molar-refractivity contribution in [2.75, 3.05) is 20.3 Å². The van der Waals surface area contributed by atoms with Crippen molar-refractivity contribution in [3.63, 3.8) is 0 Å². The SMILES string of the molecule is CCCOc1c(CNCCc2ccc(Cl)cc2)cc(Br)cc1OC. The first-order chi connectivity index (χ1) is 11.6. The summed E-state index contributed by atoms with van der Waals surface area (Å²) in [7, 11) is 1.67. The smallest absolute Gasteiger partial charge is 0.165 e. The lowest BCUT2D eigenvalue weighted by Crippen LogP contribution is -2.17. The van der Waals surface area contributed by atoms with Gasteiger partial charge in [0.05, 0.1) is 13.7 Å². The van der Waals surface area contributed by atoms with Gasteiger partial charge in [-0.25, -0.2) is 0 Å². The van der Waals surface area contributed by atoms with Crippen LogP contribution in [0.3, 0.4) is 0 Å². The van der Waals surface area contributed by atoms with Gasteiger partial charge in [0.25, 0.3) is 0 Å². The first-order valence-electron chi connectivity index (χ1n) is 8.08. The van der Waals surface area contributed by atoms with Crippen LogP contribution in [0.4, 0.5) is 0 Å². The van der Waals surface area contributed by atoms with Crippen LogP contribution < -0.4 is 14.8 Å². The number of benzene rings is 2. The van der Waals surface area contributed by atoms with Gasteiger partial charge < -0.3 is 14.8 Å². The molecule has 0 unspecified atom stereocenters. The van der Waals surface area contributed by atoms with E-state index in [2.05, 4.69) is 46.4 Å². The summed E-state index contributed by atoms with van der Waals surface area (Å²) in [6.07, 6.45) is 1.91. The van der Waals surface area contributed by atoms with E-state index in [9.17, 15) is 0 Å². The number of halogens is 2. The Kier molecular flexibility index (Phi) is 7.89. The van der Waals surface area contributed by atoms with Gasteiger partial charge >= 0.3 is 0 Å². The van der Waals surface area contributed by atoms with E-state index in [1.165, 1.54) is 5.56 Å². The molecule has 5 heteroatoms. The highest BCUT2D eigenvalue weighted by Gasteiger charge is 2.12. The first-order valence-corrected chi connectivity index (χ1v) is 9.25. The zero-order chi connectivity index (χ0) is 17.4. The molecule has 0 aliphatic carbocycles. The number of ether oxygens (including phenoxy) is 2. The molecule has 130 valence electrons. The Morgan fingerprint density at radius 1 is 1.17 bits per heavy atom. The highest BCUT2D eigenvalue weighted by Crippen LogP contribution is 2.35. The van der Waals surface area contributed by atoms with Gasteiger partial charge in [0.2, 0.25) is 0 Å². The van der Waals surface area contributed by atoms with Crippen molar-refractivity contribution in [3.05, 3.63) is 57.0 Å². The molecular formula is C19H23BrClNO2. The number of hydrogen-bond acceptors (Lipinski definition) is 3. The topological polar surface area (TPSA) is 30.5 Å². The van der Waals surface area contributed by atoms with Gasteiger partial charge in [0.1, 0.15) is 0 Å². The lowest BCUT2D eigenvalue weighted by atomic mass is 10.1. The molecule has 0 saturated carbocycles. The Morgan fingerprint density at radius 2 is 1.92 bits per heavy atom. The van der Waals surface area contributed by atoms with E-state index in [1.54, 1.807) is 7.11 Å². The predicted molar refractivity (Wildman–Crippen MR) is 103 cm³/mol. The van der Waals surface area contributed by atoms with Gasteiger partial charge in [-0.1, -0.05) is 46.6 Å². The number of rotatable bonds is 9. The Bertz CT molecular complexity index is 647. The van der Waals surface area contributed by atoms with E-state index in [4.69, 9.17) is 21.1 Å². The molecule has 0 aliphatic rings. The fraction of sp³-hybridized carbons (Fsp3) is 0.368. The van der Waals surface area contributed by atoms with Gasteiger partial charge in [-0.3, -0.25) is 0 Å². The summed E-state index contributed by atoms with van der Waals surface area (Å²) in [5.74, 6) is 1.58. The molecule has 0 radical (unpaired) electrons. The van der Waals surface area contributed by atoms with Crippen LogP contribution >= 0.6 is 27.5 Å². The quantitative estimate of drug-likeness (QED) is 0.572. The summed E-state index contributed by atoms with van der Waals surface area (Å²) in [6.45, 7) is 4.37. The molecule has 0 fully saturated rings. The molecule has 3 nitrogen and oxygen atoms in total. The molecule has 2 aromatic rings. The zero-order valence-corrected chi connectivity index (χ0v) is 16.4. The Morgan fingerprint density at radius 3 is 2.58 bits per heavy atom. The van der Waals surface area contributed by atoms with Gasteiger partial charge in [-0.15, -0.1) is 0 Å².